The van der Waals surface area contributed by atoms with Crippen LogP contribution in [0.25, 0.3) is 11.0 Å². The van der Waals surface area contributed by atoms with Crippen molar-refractivity contribution in [1.82, 2.24) is 15.2 Å². The number of ether oxygens (including phenoxy) is 1. The second-order valence-corrected chi connectivity index (χ2v) is 10.1. The zero-order chi connectivity index (χ0) is 24.5. The average molecular weight is 485 g/mol. The number of carbonyl (C=O) groups excluding carboxylic acids is 1. The molecule has 1 saturated carbocycles. The summed E-state index contributed by atoms with van der Waals surface area (Å²) in [6.07, 6.45) is 12.4. The number of hydrogen-bond donors (Lipinski definition) is 1. The van der Waals surface area contributed by atoms with Gasteiger partial charge in [0.2, 0.25) is 5.91 Å². The fourth-order valence-electron chi connectivity index (χ4n) is 5.78. The van der Waals surface area contributed by atoms with E-state index in [1.54, 1.807) is 6.26 Å². The molecule has 2 aromatic heterocycles. The van der Waals surface area contributed by atoms with Crippen LogP contribution in [0.3, 0.4) is 0 Å². The molecule has 1 N–H and O–H groups in total. The van der Waals surface area contributed by atoms with Crippen molar-refractivity contribution >= 4 is 22.7 Å². The minimum absolute atomic E-state index is 0.254. The number of nitrogens with one attached hydrogen (secondary N) is 1. The van der Waals surface area contributed by atoms with Gasteiger partial charge in [-0.1, -0.05) is 13.8 Å². The molecular weight excluding hydrogens is 440 g/mol. The van der Waals surface area contributed by atoms with Gasteiger partial charge in [0, 0.05) is 58.1 Å². The molecule has 2 saturated heterocycles. The number of amides is 1. The number of nitrogens with zero attached hydrogens (tertiary/aromatic N) is 3. The van der Waals surface area contributed by atoms with Crippen molar-refractivity contribution < 1.29 is 13.9 Å². The van der Waals surface area contributed by atoms with Gasteiger partial charge in [-0.15, -0.1) is 0 Å². The fourth-order valence-corrected chi connectivity index (χ4v) is 5.78. The van der Waals surface area contributed by atoms with Crippen LogP contribution >= 0.6 is 0 Å². The number of carbonyl (C=O) groups is 1. The first-order valence-electron chi connectivity index (χ1n) is 13.9. The minimum atomic E-state index is 0.254. The Labute approximate surface area is 210 Å². The lowest BCUT2D eigenvalue weighted by Crippen LogP contribution is -2.47. The van der Waals surface area contributed by atoms with Crippen LogP contribution in [0.2, 0.25) is 0 Å². The molecule has 0 aromatic carbocycles. The van der Waals surface area contributed by atoms with Gasteiger partial charge in [-0.05, 0) is 75.5 Å². The largest absolute Gasteiger partial charge is 0.464 e. The van der Waals surface area contributed by atoms with Gasteiger partial charge in [0.25, 0.3) is 0 Å². The highest BCUT2D eigenvalue weighted by atomic mass is 16.5. The van der Waals surface area contributed by atoms with Crippen molar-refractivity contribution in [3.05, 3.63) is 24.6 Å². The predicted octanol–water partition coefficient (Wildman–Crippen LogP) is 4.86. The van der Waals surface area contributed by atoms with E-state index >= 15 is 0 Å². The highest BCUT2D eigenvalue weighted by molar-refractivity contribution is 5.88. The standard InChI is InChI=1S/C26H38N4O3.C2H6/c31-25(19-21-7-16-32-17-8-21)28-22-3-1-20(2-4-22)6-11-29-12-14-30(15-13-29)26-23-9-18-33-24(23)5-10-27-26;1-2/h5,9-10,18,20-22H,1-4,6-8,11-17,19H2,(H,28,31);1-2H3. The molecule has 194 valence electrons. The quantitative estimate of drug-likeness (QED) is 0.605. The van der Waals surface area contributed by atoms with Crippen molar-refractivity contribution in [1.29, 1.82) is 0 Å². The van der Waals surface area contributed by atoms with Crippen molar-refractivity contribution in [2.75, 3.05) is 50.8 Å². The third kappa shape index (κ3) is 7.20. The van der Waals surface area contributed by atoms with Gasteiger partial charge in [-0.25, -0.2) is 4.98 Å². The van der Waals surface area contributed by atoms with Crippen molar-refractivity contribution in [2.45, 2.75) is 71.3 Å². The number of hydrogen-bond acceptors (Lipinski definition) is 6. The Morgan fingerprint density at radius 3 is 2.49 bits per heavy atom. The number of aromatic nitrogens is 1. The molecule has 4 heterocycles. The maximum atomic E-state index is 12.4. The molecule has 1 aliphatic carbocycles. The molecule has 7 nitrogen and oxygen atoms in total. The van der Waals surface area contributed by atoms with Gasteiger partial charge in [-0.3, -0.25) is 9.69 Å². The van der Waals surface area contributed by atoms with E-state index < -0.39 is 0 Å². The Morgan fingerprint density at radius 2 is 1.74 bits per heavy atom. The van der Waals surface area contributed by atoms with E-state index in [1.165, 1.54) is 25.8 Å². The van der Waals surface area contributed by atoms with Crippen LogP contribution in [-0.4, -0.2) is 67.8 Å². The molecule has 0 spiro atoms. The van der Waals surface area contributed by atoms with Gasteiger partial charge in [0.1, 0.15) is 11.4 Å². The Bertz CT molecular complexity index is 894. The molecule has 0 atom stereocenters. The van der Waals surface area contributed by atoms with Crippen LogP contribution in [0.15, 0.2) is 29.0 Å². The van der Waals surface area contributed by atoms with Crippen molar-refractivity contribution in [3.8, 4) is 0 Å². The first kappa shape index (κ1) is 26.0. The average Bonchev–Trinajstić information content (AvgIpc) is 3.40. The molecule has 1 amide bonds. The number of furan rings is 1. The SMILES string of the molecule is CC.O=C(CC1CCOCC1)NC1CCC(CCN2CCN(c3nccc4occc34)CC2)CC1. The van der Waals surface area contributed by atoms with Crippen LogP contribution < -0.4 is 10.2 Å². The number of anilines is 1. The lowest BCUT2D eigenvalue weighted by molar-refractivity contribution is -0.123. The summed E-state index contributed by atoms with van der Waals surface area (Å²) in [6, 6.07) is 4.34. The molecule has 2 aliphatic heterocycles. The summed E-state index contributed by atoms with van der Waals surface area (Å²) < 4.78 is 10.9. The molecule has 2 aromatic rings. The molecule has 7 heteroatoms. The maximum Gasteiger partial charge on any atom is 0.220 e. The van der Waals surface area contributed by atoms with Gasteiger partial charge >= 0.3 is 0 Å². The highest BCUT2D eigenvalue weighted by Gasteiger charge is 2.26. The van der Waals surface area contributed by atoms with Crippen LogP contribution in [0, 0.1) is 11.8 Å². The van der Waals surface area contributed by atoms with E-state index in [-0.39, 0.29) is 5.91 Å². The van der Waals surface area contributed by atoms with Gasteiger partial charge in [0.15, 0.2) is 0 Å². The Morgan fingerprint density at radius 1 is 1.00 bits per heavy atom. The van der Waals surface area contributed by atoms with Crippen LogP contribution in [0.5, 0.6) is 0 Å². The Hall–Kier alpha value is -2.12. The van der Waals surface area contributed by atoms with Crippen LogP contribution in [0.1, 0.15) is 65.2 Å². The lowest BCUT2D eigenvalue weighted by atomic mass is 9.83. The second-order valence-electron chi connectivity index (χ2n) is 10.1. The summed E-state index contributed by atoms with van der Waals surface area (Å²) in [4.78, 5) is 22.0. The number of pyridine rings is 1. The van der Waals surface area contributed by atoms with Crippen LogP contribution in [-0.2, 0) is 9.53 Å². The maximum absolute atomic E-state index is 12.4. The van der Waals surface area contributed by atoms with E-state index in [0.29, 0.717) is 18.4 Å². The Kier molecular flexibility index (Phi) is 9.83. The molecule has 35 heavy (non-hydrogen) atoms. The van der Waals surface area contributed by atoms with Gasteiger partial charge in [0.05, 0.1) is 11.6 Å². The van der Waals surface area contributed by atoms with Gasteiger partial charge in [-0.2, -0.15) is 0 Å². The zero-order valence-electron chi connectivity index (χ0n) is 21.7. The number of piperazine rings is 1. The third-order valence-corrected chi connectivity index (χ3v) is 7.91. The number of rotatable bonds is 7. The summed E-state index contributed by atoms with van der Waals surface area (Å²) in [5, 5.41) is 4.43. The molecule has 0 radical (unpaired) electrons. The minimum Gasteiger partial charge on any atom is -0.464 e. The molecule has 5 rings (SSSR count). The summed E-state index contributed by atoms with van der Waals surface area (Å²) in [5.74, 6) is 2.62. The summed E-state index contributed by atoms with van der Waals surface area (Å²) in [6.45, 7) is 11.0. The monoisotopic (exact) mass is 484 g/mol. The predicted molar refractivity (Wildman–Crippen MR) is 141 cm³/mol. The first-order valence-corrected chi connectivity index (χ1v) is 13.9. The first-order chi connectivity index (χ1) is 17.2. The zero-order valence-corrected chi connectivity index (χ0v) is 21.7. The lowest BCUT2D eigenvalue weighted by Gasteiger charge is -2.37. The topological polar surface area (TPSA) is 70.8 Å². The van der Waals surface area contributed by atoms with E-state index in [2.05, 4.69) is 20.1 Å². The Balaban J connectivity index is 0.00000141. The second kappa shape index (κ2) is 13.3. The van der Waals surface area contributed by atoms with Crippen molar-refractivity contribution in [2.24, 2.45) is 11.8 Å². The fraction of sp³-hybridized carbons (Fsp3) is 0.714. The van der Waals surface area contributed by atoms with E-state index in [0.717, 1.165) is 87.8 Å². The normalized spacial score (nSPS) is 24.1. The van der Waals surface area contributed by atoms with Gasteiger partial charge < -0.3 is 19.4 Å². The third-order valence-electron chi connectivity index (χ3n) is 7.91. The molecule has 3 fully saturated rings. The van der Waals surface area contributed by atoms with E-state index in [1.807, 2.05) is 32.2 Å². The molecule has 3 aliphatic rings. The molecule has 0 unspecified atom stereocenters. The molecule has 0 bridgehead atoms. The number of fused-ring (bicyclic) bond motifs is 1. The smallest absolute Gasteiger partial charge is 0.220 e. The van der Waals surface area contributed by atoms with E-state index in [4.69, 9.17) is 9.15 Å². The summed E-state index contributed by atoms with van der Waals surface area (Å²) in [5.41, 5.74) is 0.915. The summed E-state index contributed by atoms with van der Waals surface area (Å²) in [7, 11) is 0. The highest BCUT2D eigenvalue weighted by Crippen LogP contribution is 2.29. The van der Waals surface area contributed by atoms with Crippen LogP contribution in [0.4, 0.5) is 5.82 Å². The summed E-state index contributed by atoms with van der Waals surface area (Å²) >= 11 is 0. The van der Waals surface area contributed by atoms with Crippen molar-refractivity contribution in [3.63, 3.8) is 0 Å². The molecular formula is C28H44N4O3. The van der Waals surface area contributed by atoms with E-state index in [9.17, 15) is 4.79 Å².